The minimum Gasteiger partial charge on any atom is -0.465 e. The van der Waals surface area contributed by atoms with Gasteiger partial charge in [0.25, 0.3) is 5.91 Å². The molecule has 0 saturated heterocycles. The average Bonchev–Trinajstić information content (AvgIpc) is 2.97. The van der Waals surface area contributed by atoms with Crippen LogP contribution in [0.25, 0.3) is 6.08 Å². The maximum Gasteiger partial charge on any atom is 0.340 e. The van der Waals surface area contributed by atoms with Crippen LogP contribution < -0.4 is 0 Å². The third kappa shape index (κ3) is 3.72. The van der Waals surface area contributed by atoms with Crippen LogP contribution in [0.4, 0.5) is 0 Å². The molecule has 3 rings (SSSR count). The lowest BCUT2D eigenvalue weighted by Crippen LogP contribution is -2.37. The highest BCUT2D eigenvalue weighted by molar-refractivity contribution is 6.16. The fourth-order valence-corrected chi connectivity index (χ4v) is 3.98. The molecule has 0 spiro atoms. The molecule has 1 aromatic carbocycles. The Bertz CT molecular complexity index is 844. The van der Waals surface area contributed by atoms with Crippen LogP contribution in [-0.4, -0.2) is 43.0 Å². The number of amides is 1. The molecule has 0 unspecified atom stereocenters. The van der Waals surface area contributed by atoms with Gasteiger partial charge in [0.1, 0.15) is 0 Å². The molecule has 28 heavy (non-hydrogen) atoms. The van der Waals surface area contributed by atoms with Gasteiger partial charge in [-0.2, -0.15) is 0 Å². The summed E-state index contributed by atoms with van der Waals surface area (Å²) in [4.78, 5) is 39.0. The van der Waals surface area contributed by atoms with Crippen molar-refractivity contribution < 1.29 is 23.9 Å². The number of carbonyl (C=O) groups excluding carboxylic acids is 3. The van der Waals surface area contributed by atoms with Crippen LogP contribution in [0.15, 0.2) is 41.1 Å². The van der Waals surface area contributed by atoms with Crippen molar-refractivity contribution >= 4 is 23.9 Å². The van der Waals surface area contributed by atoms with Crippen molar-refractivity contribution in [1.29, 1.82) is 0 Å². The highest BCUT2D eigenvalue weighted by atomic mass is 16.5. The van der Waals surface area contributed by atoms with Crippen molar-refractivity contribution in [1.82, 2.24) is 4.90 Å². The van der Waals surface area contributed by atoms with E-state index in [1.165, 1.54) is 20.6 Å². The van der Waals surface area contributed by atoms with E-state index in [1.54, 1.807) is 42.2 Å². The molecule has 1 heterocycles. The highest BCUT2D eigenvalue weighted by Crippen LogP contribution is 2.36. The highest BCUT2D eigenvalue weighted by Gasteiger charge is 2.40. The predicted octanol–water partition coefficient (Wildman–Crippen LogP) is 3.48. The van der Waals surface area contributed by atoms with Crippen molar-refractivity contribution in [3.05, 3.63) is 52.2 Å². The number of nitrogens with zero attached hydrogens (tertiary/aromatic N) is 1. The van der Waals surface area contributed by atoms with Crippen LogP contribution >= 0.6 is 0 Å². The molecule has 1 fully saturated rings. The second-order valence-corrected chi connectivity index (χ2v) is 7.09. The Morgan fingerprint density at radius 2 is 1.61 bits per heavy atom. The molecular weight excluding hydrogens is 358 g/mol. The number of benzene rings is 1. The van der Waals surface area contributed by atoms with Gasteiger partial charge in [-0.1, -0.05) is 31.4 Å². The van der Waals surface area contributed by atoms with Gasteiger partial charge in [-0.15, -0.1) is 0 Å². The predicted molar refractivity (Wildman–Crippen MR) is 104 cm³/mol. The smallest absolute Gasteiger partial charge is 0.340 e. The zero-order valence-electron chi connectivity index (χ0n) is 16.5. The van der Waals surface area contributed by atoms with E-state index in [4.69, 9.17) is 9.47 Å². The van der Waals surface area contributed by atoms with E-state index in [0.29, 0.717) is 22.4 Å². The maximum atomic E-state index is 13.2. The first-order chi connectivity index (χ1) is 13.5. The molecule has 1 aliphatic carbocycles. The molecular formula is C22H25NO5. The summed E-state index contributed by atoms with van der Waals surface area (Å²) in [6.45, 7) is 1.81. The SMILES string of the molecule is COC(=O)C1=C(C)N(C2CCCCC2)C(=O)/C1=C\c1ccc(C(=O)OC)cc1. The second-order valence-electron chi connectivity index (χ2n) is 7.09. The number of allylic oxidation sites excluding steroid dienone is 1. The molecule has 0 aromatic heterocycles. The molecule has 1 aliphatic heterocycles. The molecule has 6 heteroatoms. The van der Waals surface area contributed by atoms with Gasteiger partial charge in [-0.3, -0.25) is 4.79 Å². The monoisotopic (exact) mass is 383 g/mol. The van der Waals surface area contributed by atoms with Crippen LogP contribution in [0.1, 0.15) is 54.9 Å². The Labute approximate surface area is 164 Å². The summed E-state index contributed by atoms with van der Waals surface area (Å²) in [7, 11) is 2.64. The van der Waals surface area contributed by atoms with Gasteiger partial charge in [-0.25, -0.2) is 9.59 Å². The summed E-state index contributed by atoms with van der Waals surface area (Å²) in [5.41, 5.74) is 2.44. The molecule has 0 N–H and O–H groups in total. The number of hydrogen-bond donors (Lipinski definition) is 0. The Balaban J connectivity index is 1.98. The number of methoxy groups -OCH3 is 2. The van der Waals surface area contributed by atoms with E-state index in [1.807, 2.05) is 0 Å². The molecule has 148 valence electrons. The number of rotatable bonds is 4. The zero-order valence-corrected chi connectivity index (χ0v) is 16.5. The van der Waals surface area contributed by atoms with Gasteiger partial charge in [-0.05, 0) is 43.5 Å². The number of hydrogen-bond acceptors (Lipinski definition) is 5. The standard InChI is InChI=1S/C22H25NO5/c1-14-19(22(26)28-3)18(20(24)23(14)17-7-5-4-6-8-17)13-15-9-11-16(12-10-15)21(25)27-2/h9-13,17H,4-8H2,1-3H3/b18-13-. The molecule has 0 bridgehead atoms. The summed E-state index contributed by atoms with van der Waals surface area (Å²) in [5.74, 6) is -1.10. The lowest BCUT2D eigenvalue weighted by atomic mass is 9.94. The third-order valence-corrected chi connectivity index (χ3v) is 5.41. The van der Waals surface area contributed by atoms with Gasteiger partial charge in [0.2, 0.25) is 0 Å². The van der Waals surface area contributed by atoms with Gasteiger partial charge in [0.15, 0.2) is 0 Å². The molecule has 1 aromatic rings. The molecule has 6 nitrogen and oxygen atoms in total. The lowest BCUT2D eigenvalue weighted by molar-refractivity contribution is -0.136. The van der Waals surface area contributed by atoms with Crippen molar-refractivity contribution in [2.45, 2.75) is 45.1 Å². The molecule has 1 amide bonds. The minimum atomic E-state index is -0.512. The molecule has 0 radical (unpaired) electrons. The first-order valence-electron chi connectivity index (χ1n) is 9.51. The summed E-state index contributed by atoms with van der Waals surface area (Å²) in [5, 5.41) is 0. The van der Waals surface area contributed by atoms with E-state index in [9.17, 15) is 14.4 Å². The fourth-order valence-electron chi connectivity index (χ4n) is 3.98. The van der Waals surface area contributed by atoms with Gasteiger partial charge < -0.3 is 14.4 Å². The first kappa shape index (κ1) is 19.9. The van der Waals surface area contributed by atoms with Crippen LogP contribution in [0, 0.1) is 0 Å². The quantitative estimate of drug-likeness (QED) is 0.588. The van der Waals surface area contributed by atoms with Crippen LogP contribution in [0.5, 0.6) is 0 Å². The van der Waals surface area contributed by atoms with Crippen molar-refractivity contribution in [2.24, 2.45) is 0 Å². The molecule has 1 saturated carbocycles. The van der Waals surface area contributed by atoms with Crippen LogP contribution in [0.3, 0.4) is 0 Å². The largest absolute Gasteiger partial charge is 0.465 e. The fraction of sp³-hybridized carbons (Fsp3) is 0.409. The van der Waals surface area contributed by atoms with E-state index >= 15 is 0 Å². The Morgan fingerprint density at radius 1 is 1.00 bits per heavy atom. The van der Waals surface area contributed by atoms with E-state index < -0.39 is 11.9 Å². The number of ether oxygens (including phenoxy) is 2. The summed E-state index contributed by atoms with van der Waals surface area (Å²) < 4.78 is 9.65. The molecule has 0 atom stereocenters. The maximum absolute atomic E-state index is 13.2. The molecule has 2 aliphatic rings. The zero-order chi connectivity index (χ0) is 20.3. The normalized spacial score (nSPS) is 19.3. The van der Waals surface area contributed by atoms with Crippen LogP contribution in [0.2, 0.25) is 0 Å². The first-order valence-corrected chi connectivity index (χ1v) is 9.51. The van der Waals surface area contributed by atoms with Gasteiger partial charge in [0.05, 0.1) is 30.9 Å². The Kier molecular flexibility index (Phi) is 5.97. The Hall–Kier alpha value is -2.89. The van der Waals surface area contributed by atoms with Crippen LogP contribution in [-0.2, 0) is 19.1 Å². The topological polar surface area (TPSA) is 72.9 Å². The number of carbonyl (C=O) groups is 3. The Morgan fingerprint density at radius 3 is 2.18 bits per heavy atom. The summed E-state index contributed by atoms with van der Waals surface area (Å²) >= 11 is 0. The number of esters is 2. The third-order valence-electron chi connectivity index (χ3n) is 5.41. The van der Waals surface area contributed by atoms with E-state index in [0.717, 1.165) is 31.2 Å². The van der Waals surface area contributed by atoms with Crippen molar-refractivity contribution in [2.75, 3.05) is 14.2 Å². The lowest BCUT2D eigenvalue weighted by Gasteiger charge is -2.32. The van der Waals surface area contributed by atoms with Gasteiger partial charge >= 0.3 is 11.9 Å². The second kappa shape index (κ2) is 8.42. The minimum absolute atomic E-state index is 0.119. The summed E-state index contributed by atoms with van der Waals surface area (Å²) in [6, 6.07) is 6.82. The van der Waals surface area contributed by atoms with Crippen molar-refractivity contribution in [3.63, 3.8) is 0 Å². The van der Waals surface area contributed by atoms with Crippen molar-refractivity contribution in [3.8, 4) is 0 Å². The average molecular weight is 383 g/mol. The summed E-state index contributed by atoms with van der Waals surface area (Å²) in [6.07, 6.45) is 6.92. The van der Waals surface area contributed by atoms with Gasteiger partial charge in [0, 0.05) is 11.7 Å². The van der Waals surface area contributed by atoms with E-state index in [2.05, 4.69) is 0 Å². The van der Waals surface area contributed by atoms with E-state index in [-0.39, 0.29) is 11.9 Å².